The molecule has 0 radical (unpaired) electrons. The third kappa shape index (κ3) is 4.20. The van der Waals surface area contributed by atoms with Gasteiger partial charge in [0, 0.05) is 5.56 Å². The summed E-state index contributed by atoms with van der Waals surface area (Å²) in [4.78, 5) is 11.3. The third-order valence-corrected chi connectivity index (χ3v) is 4.12. The molecule has 22 heavy (non-hydrogen) atoms. The van der Waals surface area contributed by atoms with Crippen molar-refractivity contribution < 1.29 is 9.53 Å². The number of carbonyl (C=O) groups is 1. The zero-order valence-electron chi connectivity index (χ0n) is 13.6. The van der Waals surface area contributed by atoms with Gasteiger partial charge >= 0.3 is 0 Å². The zero-order valence-corrected chi connectivity index (χ0v) is 13.6. The lowest BCUT2D eigenvalue weighted by Gasteiger charge is -2.14. The van der Waals surface area contributed by atoms with Crippen LogP contribution >= 0.6 is 0 Å². The van der Waals surface area contributed by atoms with Gasteiger partial charge in [0.15, 0.2) is 5.78 Å². The van der Waals surface area contributed by atoms with E-state index in [0.29, 0.717) is 5.92 Å². The molecule has 2 nitrogen and oxygen atoms in total. The van der Waals surface area contributed by atoms with Crippen LogP contribution in [0.3, 0.4) is 0 Å². The van der Waals surface area contributed by atoms with Crippen LogP contribution in [0.5, 0.6) is 5.75 Å². The first-order chi connectivity index (χ1) is 10.6. The summed E-state index contributed by atoms with van der Waals surface area (Å²) in [5.74, 6) is 1.63. The van der Waals surface area contributed by atoms with E-state index in [1.54, 1.807) is 6.92 Å². The Balaban J connectivity index is 2.03. The van der Waals surface area contributed by atoms with Gasteiger partial charge in [-0.3, -0.25) is 4.79 Å². The van der Waals surface area contributed by atoms with E-state index in [1.165, 1.54) is 0 Å². The first-order valence-corrected chi connectivity index (χ1v) is 7.98. The van der Waals surface area contributed by atoms with E-state index in [9.17, 15) is 4.79 Å². The molecule has 2 aromatic carbocycles. The molecule has 0 saturated heterocycles. The van der Waals surface area contributed by atoms with Crippen molar-refractivity contribution in [3.8, 4) is 16.9 Å². The normalized spacial score (nSPS) is 10.7. The first-order valence-electron chi connectivity index (χ1n) is 7.98. The molecule has 2 aromatic rings. The van der Waals surface area contributed by atoms with Crippen molar-refractivity contribution in [2.45, 2.75) is 33.6 Å². The van der Waals surface area contributed by atoms with E-state index < -0.39 is 0 Å². The average molecular weight is 296 g/mol. The monoisotopic (exact) mass is 296 g/mol. The first kappa shape index (κ1) is 16.3. The summed E-state index contributed by atoms with van der Waals surface area (Å²) in [6.45, 7) is 6.76. The fourth-order valence-corrected chi connectivity index (χ4v) is 2.38. The molecule has 0 N–H and O–H groups in total. The molecule has 0 saturated carbocycles. The Hall–Kier alpha value is -2.09. The molecule has 0 spiro atoms. The van der Waals surface area contributed by atoms with Crippen molar-refractivity contribution >= 4 is 5.78 Å². The van der Waals surface area contributed by atoms with Gasteiger partial charge in [-0.2, -0.15) is 0 Å². The third-order valence-electron chi connectivity index (χ3n) is 4.12. The Morgan fingerprint density at radius 2 is 1.41 bits per heavy atom. The van der Waals surface area contributed by atoms with Crippen LogP contribution in [0, 0.1) is 5.92 Å². The average Bonchev–Trinajstić information content (AvgIpc) is 2.56. The molecular formula is C20H24O2. The van der Waals surface area contributed by atoms with Crippen LogP contribution in [0.4, 0.5) is 0 Å². The van der Waals surface area contributed by atoms with E-state index in [0.717, 1.165) is 41.9 Å². The number of rotatable bonds is 7. The summed E-state index contributed by atoms with van der Waals surface area (Å²) < 4.78 is 5.85. The van der Waals surface area contributed by atoms with Crippen molar-refractivity contribution in [2.75, 3.05) is 6.61 Å². The van der Waals surface area contributed by atoms with Gasteiger partial charge in [0.05, 0.1) is 6.61 Å². The molecule has 0 aliphatic heterocycles. The molecular weight excluding hydrogens is 272 g/mol. The minimum absolute atomic E-state index is 0.0942. The maximum atomic E-state index is 11.3. The minimum Gasteiger partial charge on any atom is -0.493 e. The van der Waals surface area contributed by atoms with Crippen molar-refractivity contribution in [1.82, 2.24) is 0 Å². The molecule has 0 atom stereocenters. The van der Waals surface area contributed by atoms with Gasteiger partial charge in [0.25, 0.3) is 0 Å². The van der Waals surface area contributed by atoms with Crippen LogP contribution < -0.4 is 4.74 Å². The molecule has 0 fully saturated rings. The van der Waals surface area contributed by atoms with Crippen LogP contribution in [0.15, 0.2) is 48.5 Å². The van der Waals surface area contributed by atoms with Crippen molar-refractivity contribution in [1.29, 1.82) is 0 Å². The SMILES string of the molecule is CCC(CC)COc1ccc(-c2ccc(C(C)=O)cc2)cc1. The number of ether oxygens (including phenoxy) is 1. The van der Waals surface area contributed by atoms with E-state index in [-0.39, 0.29) is 5.78 Å². The molecule has 0 unspecified atom stereocenters. The molecule has 0 aliphatic rings. The lowest BCUT2D eigenvalue weighted by molar-refractivity contribution is 0.101. The molecule has 0 heterocycles. The minimum atomic E-state index is 0.0942. The smallest absolute Gasteiger partial charge is 0.159 e. The van der Waals surface area contributed by atoms with Crippen molar-refractivity contribution in [2.24, 2.45) is 5.92 Å². The Labute approximate surface area is 133 Å². The summed E-state index contributed by atoms with van der Waals surface area (Å²) in [7, 11) is 0. The zero-order chi connectivity index (χ0) is 15.9. The van der Waals surface area contributed by atoms with E-state index in [2.05, 4.69) is 26.0 Å². The second-order valence-electron chi connectivity index (χ2n) is 5.65. The quantitative estimate of drug-likeness (QED) is 0.642. The van der Waals surface area contributed by atoms with E-state index in [4.69, 9.17) is 4.74 Å². The standard InChI is InChI=1S/C20H24O2/c1-4-16(5-2)14-22-20-12-10-19(11-13-20)18-8-6-17(7-9-18)15(3)21/h6-13,16H,4-5,14H2,1-3H3. The summed E-state index contributed by atoms with van der Waals surface area (Å²) >= 11 is 0. The Bertz CT molecular complexity index is 593. The van der Waals surface area contributed by atoms with Crippen LogP contribution in [-0.2, 0) is 0 Å². The molecule has 116 valence electrons. The van der Waals surface area contributed by atoms with Crippen LogP contribution in [0.2, 0.25) is 0 Å². The number of hydrogen-bond donors (Lipinski definition) is 0. The Morgan fingerprint density at radius 3 is 1.86 bits per heavy atom. The van der Waals surface area contributed by atoms with Crippen LogP contribution in [-0.4, -0.2) is 12.4 Å². The highest BCUT2D eigenvalue weighted by Crippen LogP contribution is 2.23. The van der Waals surface area contributed by atoms with Gasteiger partial charge in [-0.15, -0.1) is 0 Å². The predicted molar refractivity (Wildman–Crippen MR) is 91.4 cm³/mol. The highest BCUT2D eigenvalue weighted by Gasteiger charge is 2.05. The molecule has 2 heteroatoms. The molecule has 0 amide bonds. The van der Waals surface area contributed by atoms with Gasteiger partial charge in [0.2, 0.25) is 0 Å². The molecule has 0 aromatic heterocycles. The summed E-state index contributed by atoms with van der Waals surface area (Å²) in [6, 6.07) is 15.8. The molecule has 2 rings (SSSR count). The molecule has 0 bridgehead atoms. The second-order valence-corrected chi connectivity index (χ2v) is 5.65. The summed E-state index contributed by atoms with van der Waals surface area (Å²) in [6.07, 6.45) is 2.30. The predicted octanol–water partition coefficient (Wildman–Crippen LogP) is 5.37. The number of Topliss-reactive ketones (excluding diaryl/α,β-unsaturated/α-hetero) is 1. The Kier molecular flexibility index (Phi) is 5.76. The number of hydrogen-bond acceptors (Lipinski definition) is 2. The lowest BCUT2D eigenvalue weighted by atomic mass is 10.0. The van der Waals surface area contributed by atoms with Gasteiger partial charge in [0.1, 0.15) is 5.75 Å². The van der Waals surface area contributed by atoms with Crippen LogP contribution in [0.1, 0.15) is 44.0 Å². The lowest BCUT2D eigenvalue weighted by Crippen LogP contribution is -2.09. The maximum Gasteiger partial charge on any atom is 0.159 e. The van der Waals surface area contributed by atoms with E-state index >= 15 is 0 Å². The van der Waals surface area contributed by atoms with Crippen LogP contribution in [0.25, 0.3) is 11.1 Å². The highest BCUT2D eigenvalue weighted by molar-refractivity contribution is 5.94. The largest absolute Gasteiger partial charge is 0.493 e. The summed E-state index contributed by atoms with van der Waals surface area (Å²) in [5, 5.41) is 0. The fourth-order valence-electron chi connectivity index (χ4n) is 2.38. The van der Waals surface area contributed by atoms with Crippen molar-refractivity contribution in [3.63, 3.8) is 0 Å². The number of benzene rings is 2. The van der Waals surface area contributed by atoms with Gasteiger partial charge in [-0.1, -0.05) is 63.1 Å². The summed E-state index contributed by atoms with van der Waals surface area (Å²) in [5.41, 5.74) is 2.98. The fraction of sp³-hybridized carbons (Fsp3) is 0.350. The van der Waals surface area contributed by atoms with Gasteiger partial charge < -0.3 is 4.74 Å². The number of ketones is 1. The molecule has 0 aliphatic carbocycles. The Morgan fingerprint density at radius 1 is 0.909 bits per heavy atom. The highest BCUT2D eigenvalue weighted by atomic mass is 16.5. The van der Waals surface area contributed by atoms with Gasteiger partial charge in [-0.05, 0) is 36.1 Å². The topological polar surface area (TPSA) is 26.3 Å². The maximum absolute atomic E-state index is 11.3. The van der Waals surface area contributed by atoms with Gasteiger partial charge in [-0.25, -0.2) is 0 Å². The second kappa shape index (κ2) is 7.79. The van der Waals surface area contributed by atoms with E-state index in [1.807, 2.05) is 36.4 Å². The number of carbonyl (C=O) groups excluding carboxylic acids is 1. The van der Waals surface area contributed by atoms with Crippen molar-refractivity contribution in [3.05, 3.63) is 54.1 Å².